The molecule has 0 bridgehead atoms. The molecule has 0 radical (unpaired) electrons. The molecule has 4 nitrogen and oxygen atoms in total. The van der Waals surface area contributed by atoms with Crippen molar-refractivity contribution in [1.82, 2.24) is 4.98 Å². The number of thiophene rings is 1. The number of benzene rings is 1. The number of carbonyl (C=O) groups is 1. The van der Waals surface area contributed by atoms with Gasteiger partial charge in [-0.05, 0) is 48.9 Å². The van der Waals surface area contributed by atoms with Gasteiger partial charge in [-0.2, -0.15) is 0 Å². The van der Waals surface area contributed by atoms with Gasteiger partial charge in [0.25, 0.3) is 5.91 Å². The summed E-state index contributed by atoms with van der Waals surface area (Å²) in [4.78, 5) is 21.3. The number of rotatable bonds is 3. The van der Waals surface area contributed by atoms with Crippen molar-refractivity contribution in [2.75, 3.05) is 17.2 Å². The molecular formula is C21H23N3OS. The fourth-order valence-electron chi connectivity index (χ4n) is 3.59. The second-order valence-corrected chi connectivity index (χ2v) is 8.29. The maximum atomic E-state index is 13.2. The van der Waals surface area contributed by atoms with Crippen LogP contribution in [0.15, 0.2) is 36.4 Å². The van der Waals surface area contributed by atoms with Crippen LogP contribution < -0.4 is 10.6 Å². The summed E-state index contributed by atoms with van der Waals surface area (Å²) in [5.41, 5.74) is 10.2. The first-order valence-electron chi connectivity index (χ1n) is 9.12. The van der Waals surface area contributed by atoms with E-state index in [0.29, 0.717) is 16.5 Å². The maximum Gasteiger partial charge on any atom is 0.270 e. The third kappa shape index (κ3) is 2.97. The highest BCUT2D eigenvalue weighted by molar-refractivity contribution is 7.21. The van der Waals surface area contributed by atoms with Gasteiger partial charge in [-0.15, -0.1) is 11.3 Å². The van der Waals surface area contributed by atoms with Gasteiger partial charge in [-0.3, -0.25) is 4.79 Å². The molecule has 2 N–H and O–H groups in total. The Morgan fingerprint density at radius 2 is 2.08 bits per heavy atom. The summed E-state index contributed by atoms with van der Waals surface area (Å²) in [5, 5.41) is 0.885. The first-order chi connectivity index (χ1) is 12.5. The molecule has 0 saturated carbocycles. The zero-order chi connectivity index (χ0) is 18.3. The Labute approximate surface area is 157 Å². The Balaban J connectivity index is 1.73. The van der Waals surface area contributed by atoms with Crippen LogP contribution in [-0.4, -0.2) is 17.4 Å². The lowest BCUT2D eigenvalue weighted by Crippen LogP contribution is -2.35. The molecule has 0 atom stereocenters. The Morgan fingerprint density at radius 3 is 2.88 bits per heavy atom. The van der Waals surface area contributed by atoms with Gasteiger partial charge in [0, 0.05) is 23.3 Å². The molecule has 26 heavy (non-hydrogen) atoms. The highest BCUT2D eigenvalue weighted by atomic mass is 32.1. The van der Waals surface area contributed by atoms with Crippen LogP contribution in [0, 0.1) is 5.92 Å². The minimum Gasteiger partial charge on any atom is -0.397 e. The van der Waals surface area contributed by atoms with E-state index in [0.717, 1.165) is 47.4 Å². The fraction of sp³-hybridized carbons (Fsp3) is 0.333. The van der Waals surface area contributed by atoms with E-state index in [1.54, 1.807) is 0 Å². The molecule has 134 valence electrons. The summed E-state index contributed by atoms with van der Waals surface area (Å²) in [5.74, 6) is 0.534. The number of anilines is 2. The molecule has 0 spiro atoms. The van der Waals surface area contributed by atoms with Gasteiger partial charge in [0.15, 0.2) is 0 Å². The standard InChI is InChI=1S/C21H23N3OS/c1-13(2)12-15-9-10-16-18(22)19(26-20(16)23-15)21(25)24-11-5-7-14-6-3-4-8-17(14)24/h3-4,6,8-10,13H,5,7,11-12,22H2,1-2H3. The van der Waals surface area contributed by atoms with E-state index in [9.17, 15) is 4.79 Å². The van der Waals surface area contributed by atoms with Gasteiger partial charge in [0.2, 0.25) is 0 Å². The van der Waals surface area contributed by atoms with Crippen molar-refractivity contribution in [3.05, 3.63) is 52.5 Å². The number of nitrogens with zero attached hydrogens (tertiary/aromatic N) is 2. The normalized spacial score (nSPS) is 14.0. The van der Waals surface area contributed by atoms with Crippen LogP contribution in [0.2, 0.25) is 0 Å². The van der Waals surface area contributed by atoms with Crippen LogP contribution in [0.1, 0.15) is 41.2 Å². The Morgan fingerprint density at radius 1 is 1.27 bits per heavy atom. The fourth-order valence-corrected chi connectivity index (χ4v) is 4.66. The Hall–Kier alpha value is -2.40. The number of nitrogens with two attached hydrogens (primary N) is 1. The van der Waals surface area contributed by atoms with Crippen molar-refractivity contribution in [3.63, 3.8) is 0 Å². The molecule has 1 aliphatic rings. The number of nitrogen functional groups attached to an aromatic ring is 1. The lowest BCUT2D eigenvalue weighted by molar-refractivity contribution is 0.0990. The highest BCUT2D eigenvalue weighted by Gasteiger charge is 2.27. The summed E-state index contributed by atoms with van der Waals surface area (Å²) in [6.45, 7) is 5.09. The summed E-state index contributed by atoms with van der Waals surface area (Å²) in [6.07, 6.45) is 2.92. The zero-order valence-corrected chi connectivity index (χ0v) is 16.0. The van der Waals surface area contributed by atoms with Crippen LogP contribution >= 0.6 is 11.3 Å². The van der Waals surface area contributed by atoms with E-state index in [1.807, 2.05) is 35.2 Å². The number of hydrogen-bond donors (Lipinski definition) is 1. The number of carbonyl (C=O) groups excluding carboxylic acids is 1. The smallest absolute Gasteiger partial charge is 0.270 e. The van der Waals surface area contributed by atoms with Crippen molar-refractivity contribution >= 4 is 38.8 Å². The monoisotopic (exact) mass is 365 g/mol. The average Bonchev–Trinajstić information content (AvgIpc) is 2.96. The molecule has 3 heterocycles. The van der Waals surface area contributed by atoms with E-state index in [2.05, 4.69) is 19.9 Å². The molecule has 1 aromatic carbocycles. The molecule has 1 aliphatic heterocycles. The minimum atomic E-state index is -0.0111. The lowest BCUT2D eigenvalue weighted by atomic mass is 10.0. The third-order valence-corrected chi connectivity index (χ3v) is 5.92. The van der Waals surface area contributed by atoms with Crippen molar-refractivity contribution < 1.29 is 4.79 Å². The van der Waals surface area contributed by atoms with Crippen LogP contribution in [0.3, 0.4) is 0 Å². The van der Waals surface area contributed by atoms with E-state index < -0.39 is 0 Å². The van der Waals surface area contributed by atoms with Gasteiger partial charge in [0.05, 0.1) is 5.69 Å². The van der Waals surface area contributed by atoms with Crippen molar-refractivity contribution in [3.8, 4) is 0 Å². The molecule has 3 aromatic rings. The minimum absolute atomic E-state index is 0.0111. The molecule has 5 heteroatoms. The highest BCUT2D eigenvalue weighted by Crippen LogP contribution is 2.36. The molecule has 0 unspecified atom stereocenters. The van der Waals surface area contributed by atoms with Gasteiger partial charge in [0.1, 0.15) is 9.71 Å². The molecule has 2 aromatic heterocycles. The van der Waals surface area contributed by atoms with Crippen molar-refractivity contribution in [1.29, 1.82) is 0 Å². The summed E-state index contributed by atoms with van der Waals surface area (Å²) in [7, 11) is 0. The van der Waals surface area contributed by atoms with Gasteiger partial charge in [-0.1, -0.05) is 32.0 Å². The maximum absolute atomic E-state index is 13.2. The quantitative estimate of drug-likeness (QED) is 0.734. The van der Waals surface area contributed by atoms with Gasteiger partial charge in [-0.25, -0.2) is 4.98 Å². The number of aromatic nitrogens is 1. The number of pyridine rings is 1. The predicted octanol–water partition coefficient (Wildman–Crippen LogP) is 4.67. The number of amides is 1. The number of aryl methyl sites for hydroxylation is 1. The van der Waals surface area contributed by atoms with E-state index in [1.165, 1.54) is 16.9 Å². The first-order valence-corrected chi connectivity index (χ1v) is 9.94. The molecule has 0 aliphatic carbocycles. The number of hydrogen-bond acceptors (Lipinski definition) is 4. The van der Waals surface area contributed by atoms with Crippen LogP contribution in [-0.2, 0) is 12.8 Å². The summed E-state index contributed by atoms with van der Waals surface area (Å²) in [6, 6.07) is 12.2. The van der Waals surface area contributed by atoms with Gasteiger partial charge < -0.3 is 10.6 Å². The lowest BCUT2D eigenvalue weighted by Gasteiger charge is -2.29. The molecule has 1 amide bonds. The average molecular weight is 366 g/mol. The second kappa shape index (κ2) is 6.72. The second-order valence-electron chi connectivity index (χ2n) is 7.29. The zero-order valence-electron chi connectivity index (χ0n) is 15.2. The number of fused-ring (bicyclic) bond motifs is 2. The van der Waals surface area contributed by atoms with Gasteiger partial charge >= 0.3 is 0 Å². The Bertz CT molecular complexity index is 977. The first kappa shape index (κ1) is 17.0. The van der Waals surface area contributed by atoms with E-state index in [4.69, 9.17) is 10.7 Å². The predicted molar refractivity (Wildman–Crippen MR) is 109 cm³/mol. The SMILES string of the molecule is CC(C)Cc1ccc2c(N)c(C(=O)N3CCCc4ccccc43)sc2n1. The van der Waals surface area contributed by atoms with Crippen molar-refractivity contribution in [2.45, 2.75) is 33.1 Å². The molecular weight excluding hydrogens is 342 g/mol. The van der Waals surface area contributed by atoms with Crippen LogP contribution in [0.25, 0.3) is 10.2 Å². The van der Waals surface area contributed by atoms with Crippen molar-refractivity contribution in [2.24, 2.45) is 5.92 Å². The molecule has 0 fully saturated rings. The summed E-state index contributed by atoms with van der Waals surface area (Å²) < 4.78 is 0. The molecule has 0 saturated heterocycles. The largest absolute Gasteiger partial charge is 0.397 e. The van der Waals surface area contributed by atoms with E-state index >= 15 is 0 Å². The third-order valence-electron chi connectivity index (χ3n) is 4.82. The number of para-hydroxylation sites is 1. The van der Waals surface area contributed by atoms with Crippen LogP contribution in [0.5, 0.6) is 0 Å². The summed E-state index contributed by atoms with van der Waals surface area (Å²) >= 11 is 1.41. The molecule has 4 rings (SSSR count). The Kier molecular flexibility index (Phi) is 4.41. The topological polar surface area (TPSA) is 59.2 Å². The van der Waals surface area contributed by atoms with Crippen LogP contribution in [0.4, 0.5) is 11.4 Å². The van der Waals surface area contributed by atoms with E-state index in [-0.39, 0.29) is 5.91 Å².